The summed E-state index contributed by atoms with van der Waals surface area (Å²) in [5.41, 5.74) is -0.328. The lowest BCUT2D eigenvalue weighted by Crippen LogP contribution is -2.50. The molecule has 0 saturated carbocycles. The molecule has 1 atom stereocenters. The van der Waals surface area contributed by atoms with Gasteiger partial charge in [-0.3, -0.25) is 0 Å². The Bertz CT molecular complexity index is 308. The predicted octanol–water partition coefficient (Wildman–Crippen LogP) is 1.87. The van der Waals surface area contributed by atoms with Crippen molar-refractivity contribution in [2.45, 2.75) is 71.2 Å². The Morgan fingerprint density at radius 3 is 1.94 bits per heavy atom. The van der Waals surface area contributed by atoms with Crippen LogP contribution in [0.5, 0.6) is 0 Å². The highest BCUT2D eigenvalue weighted by atomic mass is 32.2. The van der Waals surface area contributed by atoms with Gasteiger partial charge in [0.25, 0.3) is 0 Å². The van der Waals surface area contributed by atoms with Gasteiger partial charge in [0.05, 0.1) is 5.25 Å². The largest absolute Gasteiger partial charge is 0.313 e. The fourth-order valence-corrected chi connectivity index (χ4v) is 2.84. The maximum atomic E-state index is 12.1. The van der Waals surface area contributed by atoms with Gasteiger partial charge in [0.1, 0.15) is 0 Å². The summed E-state index contributed by atoms with van der Waals surface area (Å²) < 4.78 is 27.1. The zero-order chi connectivity index (χ0) is 13.7. The lowest BCUT2D eigenvalue weighted by Gasteiger charge is -2.29. The SMILES string of the molecule is CCC(C)(CC)NS(=O)(=O)C(C)CNC(C)C. The average molecular weight is 264 g/mol. The van der Waals surface area contributed by atoms with Crippen molar-refractivity contribution in [1.29, 1.82) is 0 Å². The highest BCUT2D eigenvalue weighted by Crippen LogP contribution is 2.16. The first kappa shape index (κ1) is 16.9. The summed E-state index contributed by atoms with van der Waals surface area (Å²) in [5, 5.41) is 2.74. The Balaban J connectivity index is 4.56. The molecule has 0 aromatic carbocycles. The normalized spacial score (nSPS) is 15.2. The van der Waals surface area contributed by atoms with E-state index in [1.54, 1.807) is 6.92 Å². The highest BCUT2D eigenvalue weighted by Gasteiger charge is 2.29. The molecule has 104 valence electrons. The quantitative estimate of drug-likeness (QED) is 0.703. The van der Waals surface area contributed by atoms with Crippen LogP contribution in [0.25, 0.3) is 0 Å². The van der Waals surface area contributed by atoms with Crippen molar-refractivity contribution >= 4 is 10.0 Å². The fourth-order valence-electron chi connectivity index (χ4n) is 1.35. The minimum Gasteiger partial charge on any atom is -0.313 e. The second-order valence-electron chi connectivity index (χ2n) is 5.29. The third kappa shape index (κ3) is 5.84. The standard InChI is InChI=1S/C12H28N2O2S/c1-7-12(6,8-2)14-17(15,16)11(5)9-13-10(3)4/h10-11,13-14H,7-9H2,1-6H3. The Hall–Kier alpha value is -0.130. The Labute approximate surface area is 107 Å². The third-order valence-corrected chi connectivity index (χ3v) is 5.30. The average Bonchev–Trinajstić information content (AvgIpc) is 2.24. The van der Waals surface area contributed by atoms with E-state index in [-0.39, 0.29) is 5.54 Å². The Morgan fingerprint density at radius 1 is 1.12 bits per heavy atom. The molecular formula is C12H28N2O2S. The fraction of sp³-hybridized carbons (Fsp3) is 1.00. The molecule has 4 nitrogen and oxygen atoms in total. The minimum atomic E-state index is -3.25. The smallest absolute Gasteiger partial charge is 0.215 e. The van der Waals surface area contributed by atoms with Crippen LogP contribution in [0, 0.1) is 0 Å². The van der Waals surface area contributed by atoms with E-state index in [4.69, 9.17) is 0 Å². The van der Waals surface area contributed by atoms with Gasteiger partial charge in [0, 0.05) is 18.1 Å². The van der Waals surface area contributed by atoms with Gasteiger partial charge in [-0.2, -0.15) is 0 Å². The Kier molecular flexibility index (Phi) is 6.66. The lowest BCUT2D eigenvalue weighted by molar-refractivity contribution is 0.385. The third-order valence-electron chi connectivity index (χ3n) is 3.29. The molecule has 0 aliphatic rings. The van der Waals surface area contributed by atoms with E-state index in [1.165, 1.54) is 0 Å². The van der Waals surface area contributed by atoms with Crippen molar-refractivity contribution < 1.29 is 8.42 Å². The predicted molar refractivity (Wildman–Crippen MR) is 73.6 cm³/mol. The van der Waals surface area contributed by atoms with Gasteiger partial charge in [-0.15, -0.1) is 0 Å². The molecule has 0 amide bonds. The topological polar surface area (TPSA) is 58.2 Å². The van der Waals surface area contributed by atoms with Crippen LogP contribution in [-0.2, 0) is 10.0 Å². The van der Waals surface area contributed by atoms with E-state index in [2.05, 4.69) is 10.0 Å². The molecule has 1 unspecified atom stereocenters. The second-order valence-corrected chi connectivity index (χ2v) is 7.39. The molecule has 0 rings (SSSR count). The van der Waals surface area contributed by atoms with E-state index in [1.807, 2.05) is 34.6 Å². The number of rotatable bonds is 8. The molecule has 0 radical (unpaired) electrons. The van der Waals surface area contributed by atoms with Crippen LogP contribution < -0.4 is 10.0 Å². The molecule has 0 saturated heterocycles. The molecule has 0 aliphatic carbocycles. The van der Waals surface area contributed by atoms with Crippen molar-refractivity contribution in [3.8, 4) is 0 Å². The molecule has 2 N–H and O–H groups in total. The molecule has 0 fully saturated rings. The van der Waals surface area contributed by atoms with Gasteiger partial charge in [-0.1, -0.05) is 27.7 Å². The summed E-state index contributed by atoms with van der Waals surface area (Å²) in [5.74, 6) is 0. The molecule has 0 aromatic heterocycles. The van der Waals surface area contributed by atoms with Gasteiger partial charge in [0.15, 0.2) is 0 Å². The van der Waals surface area contributed by atoms with Crippen LogP contribution in [0.2, 0.25) is 0 Å². The monoisotopic (exact) mass is 264 g/mol. The van der Waals surface area contributed by atoms with Crippen LogP contribution in [0.3, 0.4) is 0 Å². The molecule has 5 heteroatoms. The second kappa shape index (κ2) is 6.71. The number of sulfonamides is 1. The summed E-state index contributed by atoms with van der Waals surface area (Å²) in [6.07, 6.45) is 1.60. The van der Waals surface area contributed by atoms with Crippen molar-refractivity contribution in [3.63, 3.8) is 0 Å². The minimum absolute atomic E-state index is 0.302. The summed E-state index contributed by atoms with van der Waals surface area (Å²) >= 11 is 0. The summed E-state index contributed by atoms with van der Waals surface area (Å²) in [7, 11) is -3.25. The molecule has 0 spiro atoms. The number of hydrogen-bond donors (Lipinski definition) is 2. The molecule has 0 bridgehead atoms. The molecule has 0 aliphatic heterocycles. The number of nitrogens with one attached hydrogen (secondary N) is 2. The van der Waals surface area contributed by atoms with Crippen LogP contribution in [0.1, 0.15) is 54.4 Å². The zero-order valence-electron chi connectivity index (χ0n) is 12.0. The van der Waals surface area contributed by atoms with Gasteiger partial charge < -0.3 is 5.32 Å². The first-order chi connectivity index (χ1) is 7.67. The first-order valence-corrected chi connectivity index (χ1v) is 7.97. The maximum Gasteiger partial charge on any atom is 0.215 e. The Morgan fingerprint density at radius 2 is 1.59 bits per heavy atom. The van der Waals surface area contributed by atoms with Crippen molar-refractivity contribution in [1.82, 2.24) is 10.0 Å². The van der Waals surface area contributed by atoms with Crippen LogP contribution in [0.15, 0.2) is 0 Å². The van der Waals surface area contributed by atoms with Crippen molar-refractivity contribution in [3.05, 3.63) is 0 Å². The maximum absolute atomic E-state index is 12.1. The van der Waals surface area contributed by atoms with E-state index < -0.39 is 15.3 Å². The summed E-state index contributed by atoms with van der Waals surface area (Å²) in [6.45, 7) is 12.2. The number of hydrogen-bond acceptors (Lipinski definition) is 3. The summed E-state index contributed by atoms with van der Waals surface area (Å²) in [6, 6.07) is 0.302. The van der Waals surface area contributed by atoms with E-state index in [9.17, 15) is 8.42 Å². The summed E-state index contributed by atoms with van der Waals surface area (Å²) in [4.78, 5) is 0. The molecular weight excluding hydrogens is 236 g/mol. The van der Waals surface area contributed by atoms with E-state index in [0.29, 0.717) is 12.6 Å². The molecule has 0 aromatic rings. The van der Waals surface area contributed by atoms with E-state index >= 15 is 0 Å². The van der Waals surface area contributed by atoms with Gasteiger partial charge >= 0.3 is 0 Å². The first-order valence-electron chi connectivity index (χ1n) is 6.43. The highest BCUT2D eigenvalue weighted by molar-refractivity contribution is 7.90. The van der Waals surface area contributed by atoms with Crippen molar-refractivity contribution in [2.24, 2.45) is 0 Å². The van der Waals surface area contributed by atoms with Gasteiger partial charge in [0.2, 0.25) is 10.0 Å². The van der Waals surface area contributed by atoms with Crippen molar-refractivity contribution in [2.75, 3.05) is 6.54 Å². The molecule has 0 heterocycles. The van der Waals surface area contributed by atoms with Gasteiger partial charge in [-0.05, 0) is 26.7 Å². The lowest BCUT2D eigenvalue weighted by atomic mass is 9.98. The van der Waals surface area contributed by atoms with Crippen LogP contribution in [0.4, 0.5) is 0 Å². The van der Waals surface area contributed by atoms with Crippen LogP contribution >= 0.6 is 0 Å². The zero-order valence-corrected chi connectivity index (χ0v) is 12.8. The van der Waals surface area contributed by atoms with E-state index in [0.717, 1.165) is 12.8 Å². The van der Waals surface area contributed by atoms with Crippen LogP contribution in [-0.4, -0.2) is 31.8 Å². The van der Waals surface area contributed by atoms with Gasteiger partial charge in [-0.25, -0.2) is 13.1 Å². The molecule has 17 heavy (non-hydrogen) atoms.